The van der Waals surface area contributed by atoms with Gasteiger partial charge in [-0.05, 0) is 25.7 Å². The van der Waals surface area contributed by atoms with E-state index in [-0.39, 0.29) is 24.4 Å². The quantitative estimate of drug-likeness (QED) is 0.199. The second-order valence-electron chi connectivity index (χ2n) is 9.55. The summed E-state index contributed by atoms with van der Waals surface area (Å²) >= 11 is 0. The van der Waals surface area contributed by atoms with Crippen LogP contribution in [0, 0.1) is 11.8 Å². The van der Waals surface area contributed by atoms with Gasteiger partial charge in [-0.1, -0.05) is 0 Å². The van der Waals surface area contributed by atoms with E-state index in [4.69, 9.17) is 14.2 Å². The summed E-state index contributed by atoms with van der Waals surface area (Å²) in [5, 5.41) is 80.4. The Morgan fingerprint density at radius 1 is 0.710 bits per heavy atom. The first kappa shape index (κ1) is 23.7. The second-order valence-corrected chi connectivity index (χ2v) is 9.55. The summed E-state index contributed by atoms with van der Waals surface area (Å²) in [7, 11) is 0. The van der Waals surface area contributed by atoms with Crippen molar-refractivity contribution in [2.45, 2.75) is 112 Å². The first-order valence-corrected chi connectivity index (χ1v) is 11.1. The fourth-order valence-corrected chi connectivity index (χ4v) is 5.62. The predicted octanol–water partition coefficient (Wildman–Crippen LogP) is -3.55. The van der Waals surface area contributed by atoms with Gasteiger partial charge in [0.2, 0.25) is 0 Å². The Bertz CT molecular complexity index is 608. The molecule has 0 aromatic heterocycles. The third-order valence-corrected chi connectivity index (χ3v) is 7.42. The van der Waals surface area contributed by atoms with E-state index in [0.29, 0.717) is 32.1 Å². The van der Waals surface area contributed by atoms with E-state index in [9.17, 15) is 40.9 Å². The molecule has 0 aromatic rings. The van der Waals surface area contributed by atoms with Gasteiger partial charge in [-0.15, -0.1) is 0 Å². The predicted molar refractivity (Wildman–Crippen MR) is 102 cm³/mol. The maximum absolute atomic E-state index is 10.5. The number of hydrogen-bond acceptors (Lipinski definition) is 10. The molecular weight excluding hydrogens is 416 g/mol. The molecule has 180 valence electrons. The highest BCUT2D eigenvalue weighted by molar-refractivity contribution is 4.98. The second kappa shape index (κ2) is 9.43. The Labute approximate surface area is 179 Å². The van der Waals surface area contributed by atoms with Crippen molar-refractivity contribution in [3.63, 3.8) is 0 Å². The molecule has 9 unspecified atom stereocenters. The normalized spacial score (nSPS) is 56.1. The maximum Gasteiger partial charge on any atom is 0.189 e. The lowest BCUT2D eigenvalue weighted by Crippen LogP contribution is -2.62. The molecule has 2 heterocycles. The van der Waals surface area contributed by atoms with Gasteiger partial charge in [-0.3, -0.25) is 0 Å². The molecule has 0 bridgehead atoms. The smallest absolute Gasteiger partial charge is 0.189 e. The van der Waals surface area contributed by atoms with Crippen molar-refractivity contribution in [2.24, 2.45) is 11.8 Å². The molecular formula is C20H35O11+. The number of aliphatic hydroxyl groups excluding tert-OH is 8. The van der Waals surface area contributed by atoms with Crippen molar-refractivity contribution in [2.75, 3.05) is 0 Å². The van der Waals surface area contributed by atoms with Gasteiger partial charge < -0.3 is 55.1 Å². The standard InChI is InChI=1S/C20H34O11/c21-8-4-11(23)9-6-14(30-20-17(27)15(25)16(26)19(28)31-20)18(29-13(9)5-8)7-1-2-10(22)12(24)3-7/h7-28H,1-6H2/p+1/t7?,8?,9?,10?,11?,12?,13?,14?,15-,16+,17+,18?,19-,20+/m1/s1. The van der Waals surface area contributed by atoms with Crippen LogP contribution in [0.5, 0.6) is 0 Å². The largest absolute Gasteiger partial charge is 0.427 e. The summed E-state index contributed by atoms with van der Waals surface area (Å²) in [4.78, 5) is 0. The van der Waals surface area contributed by atoms with Crippen molar-refractivity contribution in [1.29, 1.82) is 0 Å². The maximum atomic E-state index is 10.5. The highest BCUT2D eigenvalue weighted by atomic mass is 16.8. The summed E-state index contributed by atoms with van der Waals surface area (Å²) in [5.41, 5.74) is 0. The zero-order valence-electron chi connectivity index (χ0n) is 17.2. The minimum atomic E-state index is -1.74. The van der Waals surface area contributed by atoms with Crippen LogP contribution >= 0.6 is 0 Å². The van der Waals surface area contributed by atoms with Gasteiger partial charge in [0.05, 0.1) is 30.3 Å². The van der Waals surface area contributed by atoms with Gasteiger partial charge in [-0.2, -0.15) is 0 Å². The molecule has 0 radical (unpaired) electrons. The molecule has 2 aliphatic carbocycles. The SMILES string of the molecule is OC1CC(O)C2CC(O[C@H]3O[C@@H](O)[C@@H](O)[C@@H](O)[C@@H]3O)C(C3CCC(O)C(O)C3)[OH+]C2C1. The molecule has 11 nitrogen and oxygen atoms in total. The van der Waals surface area contributed by atoms with Gasteiger partial charge in [0.15, 0.2) is 24.8 Å². The average molecular weight is 451 g/mol. The van der Waals surface area contributed by atoms with E-state index in [1.807, 2.05) is 0 Å². The molecule has 0 amide bonds. The van der Waals surface area contributed by atoms with Gasteiger partial charge in [0.1, 0.15) is 24.4 Å². The van der Waals surface area contributed by atoms with Crippen LogP contribution in [-0.2, 0) is 9.47 Å². The van der Waals surface area contributed by atoms with Crippen LogP contribution in [0.1, 0.15) is 38.5 Å². The highest BCUT2D eigenvalue weighted by Crippen LogP contribution is 2.42. The van der Waals surface area contributed by atoms with E-state index in [0.717, 1.165) is 0 Å². The molecule has 14 atom stereocenters. The van der Waals surface area contributed by atoms with Crippen LogP contribution in [-0.4, -0.2) is 119 Å². The summed E-state index contributed by atoms with van der Waals surface area (Å²) in [6.45, 7) is 0. The van der Waals surface area contributed by atoms with E-state index >= 15 is 0 Å². The number of ether oxygens (including phenoxy) is 3. The summed E-state index contributed by atoms with van der Waals surface area (Å²) in [6.07, 6.45) is -10.4. The van der Waals surface area contributed by atoms with Crippen LogP contribution in [0.15, 0.2) is 0 Å². The summed E-state index contributed by atoms with van der Waals surface area (Å²) in [5.74, 6) is -0.411. The summed E-state index contributed by atoms with van der Waals surface area (Å²) in [6, 6.07) is 0. The molecule has 0 spiro atoms. The van der Waals surface area contributed by atoms with Gasteiger partial charge in [0.25, 0.3) is 0 Å². The van der Waals surface area contributed by atoms with E-state index in [1.54, 1.807) is 0 Å². The Morgan fingerprint density at radius 3 is 2.16 bits per heavy atom. The fourth-order valence-electron chi connectivity index (χ4n) is 5.62. The first-order valence-electron chi connectivity index (χ1n) is 11.1. The van der Waals surface area contributed by atoms with Crippen molar-refractivity contribution >= 4 is 0 Å². The Morgan fingerprint density at radius 2 is 1.45 bits per heavy atom. The lowest BCUT2D eigenvalue weighted by molar-refractivity contribution is -0.375. The Balaban J connectivity index is 1.53. The molecule has 31 heavy (non-hydrogen) atoms. The molecule has 2 aliphatic heterocycles. The molecule has 11 heteroatoms. The number of rotatable bonds is 3. The Hall–Kier alpha value is -0.440. The highest BCUT2D eigenvalue weighted by Gasteiger charge is 2.54. The lowest BCUT2D eigenvalue weighted by atomic mass is 9.72. The van der Waals surface area contributed by atoms with Crippen molar-refractivity contribution < 1.29 is 55.1 Å². The average Bonchev–Trinajstić information content (AvgIpc) is 2.72. The van der Waals surface area contributed by atoms with Crippen molar-refractivity contribution in [3.8, 4) is 0 Å². The van der Waals surface area contributed by atoms with Gasteiger partial charge >= 0.3 is 0 Å². The third kappa shape index (κ3) is 4.78. The van der Waals surface area contributed by atoms with Crippen LogP contribution in [0.25, 0.3) is 0 Å². The molecule has 4 aliphatic rings. The number of aliphatic hydroxyl groups is 10. The zero-order chi connectivity index (χ0) is 22.4. The fraction of sp³-hybridized carbons (Fsp3) is 1.00. The van der Waals surface area contributed by atoms with Crippen LogP contribution in [0.3, 0.4) is 0 Å². The molecule has 4 rings (SSSR count). The molecule has 4 fully saturated rings. The molecule has 9 N–H and O–H groups in total. The van der Waals surface area contributed by atoms with Crippen molar-refractivity contribution in [1.82, 2.24) is 0 Å². The minimum Gasteiger partial charge on any atom is -0.427 e. The molecule has 2 saturated carbocycles. The van der Waals surface area contributed by atoms with Crippen molar-refractivity contribution in [3.05, 3.63) is 0 Å². The lowest BCUT2D eigenvalue weighted by Gasteiger charge is -2.48. The van der Waals surface area contributed by atoms with E-state index < -0.39 is 67.5 Å². The zero-order valence-corrected chi connectivity index (χ0v) is 17.2. The number of fused-ring (bicyclic) bond motifs is 1. The van der Waals surface area contributed by atoms with E-state index in [1.165, 1.54) is 0 Å². The number of hydrogen-bond donors (Lipinski definition) is 8. The molecule has 2 saturated heterocycles. The van der Waals surface area contributed by atoms with Crippen LogP contribution in [0.4, 0.5) is 0 Å². The van der Waals surface area contributed by atoms with Gasteiger partial charge in [0, 0.05) is 18.8 Å². The summed E-state index contributed by atoms with van der Waals surface area (Å²) < 4.78 is 16.0. The molecule has 0 aromatic carbocycles. The minimum absolute atomic E-state index is 0.137. The van der Waals surface area contributed by atoms with Gasteiger partial charge in [-0.25, -0.2) is 0 Å². The third-order valence-electron chi connectivity index (χ3n) is 7.42. The first-order chi connectivity index (χ1) is 14.7. The Kier molecular flexibility index (Phi) is 7.21. The monoisotopic (exact) mass is 451 g/mol. The van der Waals surface area contributed by atoms with Crippen LogP contribution < -0.4 is 0 Å². The van der Waals surface area contributed by atoms with Crippen LogP contribution in [0.2, 0.25) is 0 Å². The van der Waals surface area contributed by atoms with E-state index in [2.05, 4.69) is 0 Å². The topological polar surface area (TPSA) is 193 Å².